The van der Waals surface area contributed by atoms with E-state index in [2.05, 4.69) is 63.6 Å². The van der Waals surface area contributed by atoms with Crippen LogP contribution in [0.1, 0.15) is 40.5 Å². The summed E-state index contributed by atoms with van der Waals surface area (Å²) in [5.41, 5.74) is 4.93. The fourth-order valence-corrected chi connectivity index (χ4v) is 6.30. The summed E-state index contributed by atoms with van der Waals surface area (Å²) in [4.78, 5) is 13.2. The molecule has 0 saturated carbocycles. The summed E-state index contributed by atoms with van der Waals surface area (Å²) in [6, 6.07) is 14.9. The summed E-state index contributed by atoms with van der Waals surface area (Å²) >= 11 is 1.93. The van der Waals surface area contributed by atoms with Gasteiger partial charge >= 0.3 is 0 Å². The van der Waals surface area contributed by atoms with Crippen molar-refractivity contribution in [3.05, 3.63) is 82.8 Å². The minimum atomic E-state index is 0.358. The fraction of sp³-hybridized carbons (Fsp3) is 0.296. The molecule has 0 aliphatic carbocycles. The number of piperidine rings is 1. The Morgan fingerprint density at radius 3 is 2.94 bits per heavy atom. The molecule has 6 nitrogen and oxygen atoms in total. The molecule has 1 fully saturated rings. The number of likely N-dealkylation sites (tertiary alicyclic amines) is 1. The predicted molar refractivity (Wildman–Crippen MR) is 144 cm³/mol. The standard InChI is InChI=1S/C27H27BN6S/c1-18-21-8-2-3-9-24(21)35-25(18)17-33-11-5-7-20(16-33)23-12-26(30-14-19-6-4-10-29-13-19)34-27(32-23)22(28)15-31-34/h2-4,6,8-10,12-13,15,20,30H,5,7,11,14,16-17H2,1H3. The van der Waals surface area contributed by atoms with Gasteiger partial charge in [-0.15, -0.1) is 11.3 Å². The minimum Gasteiger partial charge on any atom is -0.366 e. The van der Waals surface area contributed by atoms with Crippen molar-refractivity contribution in [1.82, 2.24) is 24.5 Å². The average molecular weight is 478 g/mol. The zero-order valence-electron chi connectivity index (χ0n) is 19.8. The number of pyridine rings is 1. The molecule has 35 heavy (non-hydrogen) atoms. The van der Waals surface area contributed by atoms with Gasteiger partial charge in [0.2, 0.25) is 0 Å². The zero-order valence-corrected chi connectivity index (χ0v) is 20.6. The molecule has 0 spiro atoms. The molecule has 174 valence electrons. The highest BCUT2D eigenvalue weighted by molar-refractivity contribution is 7.19. The highest BCUT2D eigenvalue weighted by atomic mass is 32.1. The van der Waals surface area contributed by atoms with Crippen LogP contribution >= 0.6 is 11.3 Å². The van der Waals surface area contributed by atoms with Crippen LogP contribution in [0, 0.1) is 6.92 Å². The Morgan fingerprint density at radius 2 is 2.09 bits per heavy atom. The number of hydrogen-bond donors (Lipinski definition) is 1. The van der Waals surface area contributed by atoms with Crippen molar-refractivity contribution < 1.29 is 0 Å². The molecule has 5 heterocycles. The van der Waals surface area contributed by atoms with Crippen LogP contribution in [0.2, 0.25) is 0 Å². The topological polar surface area (TPSA) is 58.4 Å². The molecule has 5 aromatic rings. The van der Waals surface area contributed by atoms with Crippen molar-refractivity contribution in [2.45, 2.75) is 38.8 Å². The third-order valence-corrected chi connectivity index (χ3v) is 8.21. The maximum atomic E-state index is 6.24. The molecule has 0 amide bonds. The van der Waals surface area contributed by atoms with Crippen LogP contribution in [0.15, 0.2) is 61.1 Å². The molecule has 6 rings (SSSR count). The summed E-state index contributed by atoms with van der Waals surface area (Å²) in [6.07, 6.45) is 7.63. The summed E-state index contributed by atoms with van der Waals surface area (Å²) < 4.78 is 3.18. The van der Waals surface area contributed by atoms with E-state index in [1.807, 2.05) is 23.6 Å². The van der Waals surface area contributed by atoms with Gasteiger partial charge in [-0.05, 0) is 60.4 Å². The molecule has 1 atom stereocenters. The molecular weight excluding hydrogens is 451 g/mol. The number of anilines is 1. The monoisotopic (exact) mass is 478 g/mol. The SMILES string of the molecule is [B]c1cnn2c(NCc3cccnc3)cc(C3CCCN(Cc4sc5ccccc5c4C)C3)nc12. The fourth-order valence-electron chi connectivity index (χ4n) is 5.05. The molecule has 1 aliphatic rings. The van der Waals surface area contributed by atoms with Gasteiger partial charge in [0.25, 0.3) is 0 Å². The van der Waals surface area contributed by atoms with E-state index < -0.39 is 0 Å². The Balaban J connectivity index is 1.25. The highest BCUT2D eigenvalue weighted by Gasteiger charge is 2.25. The molecule has 2 radical (unpaired) electrons. The molecule has 1 saturated heterocycles. The molecule has 0 bridgehead atoms. The smallest absolute Gasteiger partial charge is 0.150 e. The third kappa shape index (κ3) is 4.44. The van der Waals surface area contributed by atoms with E-state index in [1.165, 1.54) is 20.5 Å². The molecule has 1 N–H and O–H groups in total. The van der Waals surface area contributed by atoms with Crippen molar-refractivity contribution in [2.24, 2.45) is 0 Å². The van der Waals surface area contributed by atoms with E-state index in [4.69, 9.17) is 12.8 Å². The molecular formula is C27H27BN6S. The second-order valence-electron chi connectivity index (χ2n) is 9.34. The number of aryl methyl sites for hydroxylation is 1. The lowest BCUT2D eigenvalue weighted by atomic mass is 9.93. The van der Waals surface area contributed by atoms with Gasteiger partial charge in [0.15, 0.2) is 5.65 Å². The van der Waals surface area contributed by atoms with Crippen LogP contribution in [0.4, 0.5) is 5.82 Å². The van der Waals surface area contributed by atoms with E-state index >= 15 is 0 Å². The first-order valence-electron chi connectivity index (χ1n) is 12.1. The number of nitrogens with zero attached hydrogens (tertiary/aromatic N) is 5. The molecule has 1 aliphatic heterocycles. The van der Waals surface area contributed by atoms with Crippen molar-refractivity contribution in [3.8, 4) is 0 Å². The quantitative estimate of drug-likeness (QED) is 0.366. The number of benzene rings is 1. The number of rotatable bonds is 6. The van der Waals surface area contributed by atoms with Gasteiger partial charge in [-0.25, -0.2) is 4.98 Å². The van der Waals surface area contributed by atoms with Gasteiger partial charge in [-0.3, -0.25) is 9.88 Å². The second kappa shape index (κ2) is 9.43. The Bertz CT molecular complexity index is 1480. The van der Waals surface area contributed by atoms with Crippen LogP contribution in [-0.2, 0) is 13.1 Å². The Kier molecular flexibility index (Phi) is 6.00. The summed E-state index contributed by atoms with van der Waals surface area (Å²) in [5, 5.41) is 9.37. The van der Waals surface area contributed by atoms with Crippen LogP contribution < -0.4 is 10.8 Å². The Labute approximate surface area is 210 Å². The van der Waals surface area contributed by atoms with Crippen molar-refractivity contribution in [3.63, 3.8) is 0 Å². The van der Waals surface area contributed by atoms with Crippen molar-refractivity contribution >= 4 is 46.2 Å². The van der Waals surface area contributed by atoms with Gasteiger partial charge in [-0.1, -0.05) is 24.3 Å². The predicted octanol–water partition coefficient (Wildman–Crippen LogP) is 4.43. The normalized spacial score (nSPS) is 16.8. The van der Waals surface area contributed by atoms with Crippen LogP contribution in [0.25, 0.3) is 15.7 Å². The van der Waals surface area contributed by atoms with Crippen molar-refractivity contribution in [1.29, 1.82) is 0 Å². The maximum absolute atomic E-state index is 6.24. The van der Waals surface area contributed by atoms with Crippen LogP contribution in [0.3, 0.4) is 0 Å². The zero-order chi connectivity index (χ0) is 23.8. The van der Waals surface area contributed by atoms with Gasteiger partial charge < -0.3 is 5.32 Å². The van der Waals surface area contributed by atoms with Gasteiger partial charge in [0.05, 0.1) is 5.69 Å². The van der Waals surface area contributed by atoms with E-state index in [1.54, 1.807) is 16.9 Å². The number of aromatic nitrogens is 4. The van der Waals surface area contributed by atoms with Gasteiger partial charge in [0.1, 0.15) is 13.7 Å². The number of hydrogen-bond acceptors (Lipinski definition) is 6. The van der Waals surface area contributed by atoms with Crippen LogP contribution in [-0.4, -0.2) is 45.4 Å². The van der Waals surface area contributed by atoms with E-state index in [0.29, 0.717) is 23.6 Å². The highest BCUT2D eigenvalue weighted by Crippen LogP contribution is 2.34. The Morgan fingerprint density at radius 1 is 1.17 bits per heavy atom. The molecule has 1 unspecified atom stereocenters. The van der Waals surface area contributed by atoms with E-state index in [-0.39, 0.29) is 0 Å². The van der Waals surface area contributed by atoms with Crippen LogP contribution in [0.5, 0.6) is 0 Å². The third-order valence-electron chi connectivity index (χ3n) is 6.95. The first kappa shape index (κ1) is 22.3. The summed E-state index contributed by atoms with van der Waals surface area (Å²) in [6.45, 7) is 6.02. The number of nitrogens with one attached hydrogen (secondary N) is 1. The van der Waals surface area contributed by atoms with Gasteiger partial charge in [0, 0.05) is 59.8 Å². The largest absolute Gasteiger partial charge is 0.366 e. The lowest BCUT2D eigenvalue weighted by Gasteiger charge is -2.32. The maximum Gasteiger partial charge on any atom is 0.150 e. The van der Waals surface area contributed by atoms with E-state index in [0.717, 1.165) is 49.6 Å². The Hall–Kier alpha value is -3.23. The average Bonchev–Trinajstić information content (AvgIpc) is 3.43. The first-order chi connectivity index (χ1) is 17.2. The summed E-state index contributed by atoms with van der Waals surface area (Å²) in [7, 11) is 6.24. The number of fused-ring (bicyclic) bond motifs is 2. The summed E-state index contributed by atoms with van der Waals surface area (Å²) in [5.74, 6) is 1.26. The molecule has 8 heteroatoms. The minimum absolute atomic E-state index is 0.358. The lowest BCUT2D eigenvalue weighted by molar-refractivity contribution is 0.200. The van der Waals surface area contributed by atoms with Gasteiger partial charge in [-0.2, -0.15) is 9.61 Å². The number of thiophene rings is 1. The first-order valence-corrected chi connectivity index (χ1v) is 12.9. The van der Waals surface area contributed by atoms with Crippen molar-refractivity contribution in [2.75, 3.05) is 18.4 Å². The second-order valence-corrected chi connectivity index (χ2v) is 10.5. The molecule has 1 aromatic carbocycles. The molecule has 4 aromatic heterocycles. The lowest BCUT2D eigenvalue weighted by Crippen LogP contribution is -2.34. The van der Waals surface area contributed by atoms with E-state index in [9.17, 15) is 0 Å².